The van der Waals surface area contributed by atoms with E-state index in [0.29, 0.717) is 0 Å². The van der Waals surface area contributed by atoms with Gasteiger partial charge in [-0.2, -0.15) is 5.10 Å². The summed E-state index contributed by atoms with van der Waals surface area (Å²) < 4.78 is 7.21. The number of hydrogen-bond acceptors (Lipinski definition) is 2. The molecule has 0 saturated carbocycles. The second-order valence-electron chi connectivity index (χ2n) is 7.14. The lowest BCUT2D eigenvalue weighted by Gasteiger charge is -2.04. The summed E-state index contributed by atoms with van der Waals surface area (Å²) in [4.78, 5) is 0. The summed E-state index contributed by atoms with van der Waals surface area (Å²) >= 11 is 0. The molecule has 0 aliphatic heterocycles. The van der Waals surface area contributed by atoms with Crippen LogP contribution in [0, 0.1) is 11.8 Å². The van der Waals surface area contributed by atoms with Gasteiger partial charge in [0.2, 0.25) is 0 Å². The summed E-state index contributed by atoms with van der Waals surface area (Å²) in [5, 5.41) is 5.87. The summed E-state index contributed by atoms with van der Waals surface area (Å²) in [5.74, 6) is 7.49. The van der Waals surface area contributed by atoms with Crippen molar-refractivity contribution in [2.75, 3.05) is 7.11 Å². The molecular weight excluding hydrogens is 380 g/mol. The lowest BCUT2D eigenvalue weighted by Crippen LogP contribution is -1.96. The van der Waals surface area contributed by atoms with Crippen molar-refractivity contribution in [3.05, 3.63) is 114 Å². The summed E-state index contributed by atoms with van der Waals surface area (Å²) in [6, 6.07) is 34.6. The number of rotatable bonds is 3. The van der Waals surface area contributed by atoms with Gasteiger partial charge in [0.05, 0.1) is 18.3 Å². The molecule has 0 spiro atoms. The Hall–Kier alpha value is -4.29. The molecule has 148 valence electrons. The third-order valence-corrected chi connectivity index (χ3v) is 5.23. The van der Waals surface area contributed by atoms with Gasteiger partial charge in [0.15, 0.2) is 0 Å². The second-order valence-corrected chi connectivity index (χ2v) is 7.14. The van der Waals surface area contributed by atoms with E-state index in [-0.39, 0.29) is 0 Å². The highest BCUT2D eigenvalue weighted by atomic mass is 16.5. The fourth-order valence-electron chi connectivity index (χ4n) is 3.67. The van der Waals surface area contributed by atoms with E-state index in [1.54, 1.807) is 7.11 Å². The average Bonchev–Trinajstić information content (AvgIpc) is 3.22. The highest BCUT2D eigenvalue weighted by molar-refractivity contribution is 5.86. The smallest absolute Gasteiger partial charge is 0.143 e. The van der Waals surface area contributed by atoms with Crippen molar-refractivity contribution in [1.82, 2.24) is 9.78 Å². The first-order valence-corrected chi connectivity index (χ1v) is 10.1. The fraction of sp³-hybridized carbons (Fsp3) is 0.0357. The predicted octanol–water partition coefficient (Wildman–Crippen LogP) is 6.10. The lowest BCUT2D eigenvalue weighted by atomic mass is 10.00. The number of para-hydroxylation sites is 1. The first-order valence-electron chi connectivity index (χ1n) is 10.1. The van der Waals surface area contributed by atoms with Gasteiger partial charge in [-0.3, -0.25) is 0 Å². The maximum absolute atomic E-state index is 5.28. The van der Waals surface area contributed by atoms with Crippen molar-refractivity contribution in [2.45, 2.75) is 0 Å². The zero-order chi connectivity index (χ0) is 21.0. The van der Waals surface area contributed by atoms with Gasteiger partial charge in [-0.15, -0.1) is 0 Å². The molecule has 3 heteroatoms. The van der Waals surface area contributed by atoms with Crippen LogP contribution in [0.15, 0.2) is 103 Å². The Balaban J connectivity index is 1.60. The minimum Gasteiger partial charge on any atom is -0.497 e. The molecule has 0 N–H and O–H groups in total. The minimum absolute atomic E-state index is 0.759. The Kier molecular flexibility index (Phi) is 4.96. The number of methoxy groups -OCH3 is 1. The third kappa shape index (κ3) is 3.68. The number of fused-ring (bicyclic) bond motifs is 1. The van der Waals surface area contributed by atoms with E-state index in [0.717, 1.165) is 44.7 Å². The summed E-state index contributed by atoms with van der Waals surface area (Å²) in [6.45, 7) is 0. The molecule has 0 amide bonds. The van der Waals surface area contributed by atoms with Crippen molar-refractivity contribution in [3.8, 4) is 34.4 Å². The molecule has 0 aliphatic rings. The van der Waals surface area contributed by atoms with Gasteiger partial charge >= 0.3 is 0 Å². The lowest BCUT2D eigenvalue weighted by molar-refractivity contribution is 0.414. The van der Waals surface area contributed by atoms with Gasteiger partial charge in [0.1, 0.15) is 11.4 Å². The number of hydrogen-bond donors (Lipinski definition) is 0. The standard InChI is InChI=1S/C28H20N2O/c1-31-24-18-16-23(17-19-24)30-28-14-8-7-13-26(28)27(29-30)20-15-22-11-5-6-12-25(22)21-9-3-2-4-10-21/h2-14,16-19H,1H3. The molecule has 1 heterocycles. The van der Waals surface area contributed by atoms with Crippen LogP contribution in [0.2, 0.25) is 0 Å². The molecule has 0 bridgehead atoms. The van der Waals surface area contributed by atoms with Crippen molar-refractivity contribution in [1.29, 1.82) is 0 Å². The Morgan fingerprint density at radius 2 is 1.42 bits per heavy atom. The minimum atomic E-state index is 0.759. The van der Waals surface area contributed by atoms with Crippen LogP contribution >= 0.6 is 0 Å². The zero-order valence-corrected chi connectivity index (χ0v) is 17.1. The fourth-order valence-corrected chi connectivity index (χ4v) is 3.67. The van der Waals surface area contributed by atoms with Crippen LogP contribution in [0.3, 0.4) is 0 Å². The normalized spacial score (nSPS) is 10.5. The van der Waals surface area contributed by atoms with Crippen molar-refractivity contribution < 1.29 is 4.74 Å². The van der Waals surface area contributed by atoms with Gasteiger partial charge in [0, 0.05) is 10.9 Å². The summed E-state index contributed by atoms with van der Waals surface area (Å²) in [5.41, 5.74) is 6.00. The molecule has 0 atom stereocenters. The average molecular weight is 400 g/mol. The van der Waals surface area contributed by atoms with Crippen LogP contribution in [0.25, 0.3) is 27.7 Å². The van der Waals surface area contributed by atoms with Crippen LogP contribution in [0.4, 0.5) is 0 Å². The molecule has 3 nitrogen and oxygen atoms in total. The van der Waals surface area contributed by atoms with E-state index >= 15 is 0 Å². The SMILES string of the molecule is COc1ccc(-n2nc(C#Cc3ccccc3-c3ccccc3)c3ccccc32)cc1. The van der Waals surface area contributed by atoms with E-state index in [4.69, 9.17) is 9.84 Å². The molecule has 5 rings (SSSR count). The molecule has 0 aliphatic carbocycles. The number of ether oxygens (including phenoxy) is 1. The number of aromatic nitrogens is 2. The first kappa shape index (κ1) is 18.7. The topological polar surface area (TPSA) is 27.1 Å². The highest BCUT2D eigenvalue weighted by Gasteiger charge is 2.10. The van der Waals surface area contributed by atoms with Gasteiger partial charge in [0.25, 0.3) is 0 Å². The largest absolute Gasteiger partial charge is 0.497 e. The molecular formula is C28H20N2O. The van der Waals surface area contributed by atoms with Gasteiger partial charge < -0.3 is 4.74 Å². The molecule has 1 aromatic heterocycles. The van der Waals surface area contributed by atoms with Crippen molar-refractivity contribution in [2.24, 2.45) is 0 Å². The van der Waals surface area contributed by atoms with Crippen LogP contribution in [0.1, 0.15) is 11.3 Å². The third-order valence-electron chi connectivity index (χ3n) is 5.23. The van der Waals surface area contributed by atoms with Crippen LogP contribution in [0.5, 0.6) is 5.75 Å². The predicted molar refractivity (Wildman–Crippen MR) is 125 cm³/mol. The van der Waals surface area contributed by atoms with E-state index < -0.39 is 0 Å². The zero-order valence-electron chi connectivity index (χ0n) is 17.1. The molecule has 0 fully saturated rings. The first-order chi connectivity index (χ1) is 15.3. The van der Waals surface area contributed by atoms with E-state index in [2.05, 4.69) is 48.2 Å². The monoisotopic (exact) mass is 400 g/mol. The van der Waals surface area contributed by atoms with Crippen molar-refractivity contribution in [3.63, 3.8) is 0 Å². The Bertz CT molecular complexity index is 1400. The quantitative estimate of drug-likeness (QED) is 0.342. The molecule has 4 aromatic carbocycles. The highest BCUT2D eigenvalue weighted by Crippen LogP contribution is 2.25. The van der Waals surface area contributed by atoms with Crippen LogP contribution in [-0.4, -0.2) is 16.9 Å². The van der Waals surface area contributed by atoms with Crippen LogP contribution in [-0.2, 0) is 0 Å². The summed E-state index contributed by atoms with van der Waals surface area (Å²) in [6.07, 6.45) is 0. The Labute approximate surface area is 181 Å². The Morgan fingerprint density at radius 3 is 2.23 bits per heavy atom. The van der Waals surface area contributed by atoms with Gasteiger partial charge in [-0.05, 0) is 59.5 Å². The van der Waals surface area contributed by atoms with E-state index in [1.165, 1.54) is 0 Å². The molecule has 0 radical (unpaired) electrons. The second kappa shape index (κ2) is 8.22. The number of benzene rings is 4. The van der Waals surface area contributed by atoms with Crippen molar-refractivity contribution >= 4 is 10.9 Å². The van der Waals surface area contributed by atoms with Gasteiger partial charge in [-0.1, -0.05) is 66.6 Å². The Morgan fingerprint density at radius 1 is 0.710 bits per heavy atom. The molecule has 31 heavy (non-hydrogen) atoms. The van der Waals surface area contributed by atoms with E-state index in [9.17, 15) is 0 Å². The molecule has 5 aromatic rings. The molecule has 0 unspecified atom stereocenters. The van der Waals surface area contributed by atoms with Gasteiger partial charge in [-0.25, -0.2) is 4.68 Å². The van der Waals surface area contributed by atoms with E-state index in [1.807, 2.05) is 71.4 Å². The number of nitrogens with zero attached hydrogens (tertiary/aromatic N) is 2. The maximum Gasteiger partial charge on any atom is 0.143 e. The summed E-state index contributed by atoms with van der Waals surface area (Å²) in [7, 11) is 1.67. The maximum atomic E-state index is 5.28. The van der Waals surface area contributed by atoms with Crippen LogP contribution < -0.4 is 4.74 Å². The molecule has 0 saturated heterocycles.